The average Bonchev–Trinajstić information content (AvgIpc) is 3.07. The van der Waals surface area contributed by atoms with E-state index >= 15 is 0 Å². The number of unbranched alkanes of at least 4 members (excludes halogenated alkanes) is 1. The molecule has 0 aromatic rings. The van der Waals surface area contributed by atoms with Crippen molar-refractivity contribution < 1.29 is 9.90 Å². The normalized spacial score (nSPS) is 18.8. The van der Waals surface area contributed by atoms with Crippen LogP contribution in [0.2, 0.25) is 0 Å². The maximum atomic E-state index is 11.7. The molecular formula is C13H26N2O2. The summed E-state index contributed by atoms with van der Waals surface area (Å²) in [5, 5.41) is 15.1. The summed E-state index contributed by atoms with van der Waals surface area (Å²) in [5.41, 5.74) is 0.271. The summed E-state index contributed by atoms with van der Waals surface area (Å²) >= 11 is 0. The Balaban J connectivity index is 2.15. The summed E-state index contributed by atoms with van der Waals surface area (Å²) in [5.74, 6) is 0.0817. The first-order valence-electron chi connectivity index (χ1n) is 6.75. The van der Waals surface area contributed by atoms with E-state index in [1.165, 1.54) is 12.8 Å². The molecule has 0 aliphatic heterocycles. The minimum atomic E-state index is -0.136. The Morgan fingerprint density at radius 1 is 1.47 bits per heavy atom. The fourth-order valence-electron chi connectivity index (χ4n) is 1.93. The first-order chi connectivity index (χ1) is 8.13. The van der Waals surface area contributed by atoms with Crippen molar-refractivity contribution in [3.8, 4) is 0 Å². The SMILES string of the molecule is CCCCNC(=O)C(C)NCC1(CCO)CC1. The Morgan fingerprint density at radius 2 is 2.18 bits per heavy atom. The van der Waals surface area contributed by atoms with Crippen molar-refractivity contribution in [1.29, 1.82) is 0 Å². The smallest absolute Gasteiger partial charge is 0.236 e. The molecular weight excluding hydrogens is 216 g/mol. The molecule has 0 aromatic heterocycles. The molecule has 1 atom stereocenters. The van der Waals surface area contributed by atoms with Crippen molar-refractivity contribution in [3.63, 3.8) is 0 Å². The Hall–Kier alpha value is -0.610. The summed E-state index contributed by atoms with van der Waals surface area (Å²) in [6.07, 6.45) is 5.33. The Labute approximate surface area is 104 Å². The van der Waals surface area contributed by atoms with Gasteiger partial charge in [-0.2, -0.15) is 0 Å². The highest BCUT2D eigenvalue weighted by atomic mass is 16.3. The summed E-state index contributed by atoms with van der Waals surface area (Å²) in [6, 6.07) is -0.136. The highest BCUT2D eigenvalue weighted by Gasteiger charge is 2.41. The fourth-order valence-corrected chi connectivity index (χ4v) is 1.93. The lowest BCUT2D eigenvalue weighted by Crippen LogP contribution is -2.44. The standard InChI is InChI=1S/C13H26N2O2/c1-3-4-8-14-12(17)11(2)15-10-13(5-6-13)7-9-16/h11,15-16H,3-10H2,1-2H3,(H,14,17). The number of hydrogen-bond donors (Lipinski definition) is 3. The number of nitrogens with one attached hydrogen (secondary N) is 2. The largest absolute Gasteiger partial charge is 0.396 e. The van der Waals surface area contributed by atoms with Gasteiger partial charge < -0.3 is 15.7 Å². The first kappa shape index (κ1) is 14.5. The van der Waals surface area contributed by atoms with Crippen molar-refractivity contribution in [2.45, 2.75) is 52.0 Å². The van der Waals surface area contributed by atoms with Crippen molar-refractivity contribution in [1.82, 2.24) is 10.6 Å². The van der Waals surface area contributed by atoms with Crippen LogP contribution in [0, 0.1) is 5.41 Å². The fraction of sp³-hybridized carbons (Fsp3) is 0.923. The minimum absolute atomic E-state index is 0.0817. The number of carbonyl (C=O) groups excluding carboxylic acids is 1. The van der Waals surface area contributed by atoms with Gasteiger partial charge in [-0.25, -0.2) is 0 Å². The second kappa shape index (κ2) is 6.97. The average molecular weight is 242 g/mol. The molecule has 1 unspecified atom stereocenters. The van der Waals surface area contributed by atoms with Gasteiger partial charge >= 0.3 is 0 Å². The number of carbonyl (C=O) groups is 1. The number of hydrogen-bond acceptors (Lipinski definition) is 3. The van der Waals surface area contributed by atoms with Gasteiger partial charge in [-0.1, -0.05) is 13.3 Å². The molecule has 0 spiro atoms. The van der Waals surface area contributed by atoms with Crippen LogP contribution in [0.1, 0.15) is 46.0 Å². The van der Waals surface area contributed by atoms with Gasteiger partial charge in [0.1, 0.15) is 0 Å². The summed E-state index contributed by atoms with van der Waals surface area (Å²) in [7, 11) is 0. The van der Waals surface area contributed by atoms with Gasteiger partial charge in [0.15, 0.2) is 0 Å². The maximum Gasteiger partial charge on any atom is 0.236 e. The molecule has 0 aromatic carbocycles. The second-order valence-electron chi connectivity index (χ2n) is 5.22. The zero-order valence-electron chi connectivity index (χ0n) is 11.1. The van der Waals surface area contributed by atoms with Gasteiger partial charge in [0, 0.05) is 19.7 Å². The van der Waals surface area contributed by atoms with Crippen molar-refractivity contribution >= 4 is 5.91 Å². The van der Waals surface area contributed by atoms with Gasteiger partial charge in [0.25, 0.3) is 0 Å². The molecule has 0 heterocycles. The lowest BCUT2D eigenvalue weighted by atomic mass is 10.0. The van der Waals surface area contributed by atoms with Crippen LogP contribution in [0.25, 0.3) is 0 Å². The van der Waals surface area contributed by atoms with E-state index < -0.39 is 0 Å². The lowest BCUT2D eigenvalue weighted by molar-refractivity contribution is -0.122. The first-order valence-corrected chi connectivity index (χ1v) is 6.75. The third-order valence-electron chi connectivity index (χ3n) is 3.61. The van der Waals surface area contributed by atoms with Gasteiger partial charge in [0.05, 0.1) is 6.04 Å². The van der Waals surface area contributed by atoms with E-state index in [0.29, 0.717) is 0 Å². The van der Waals surface area contributed by atoms with Gasteiger partial charge in [-0.3, -0.25) is 4.79 Å². The molecule has 1 fully saturated rings. The minimum Gasteiger partial charge on any atom is -0.396 e. The van der Waals surface area contributed by atoms with Crippen LogP contribution in [0.5, 0.6) is 0 Å². The molecule has 1 amide bonds. The lowest BCUT2D eigenvalue weighted by Gasteiger charge is -2.19. The summed E-state index contributed by atoms with van der Waals surface area (Å²) in [6.45, 7) is 5.87. The molecule has 1 saturated carbocycles. The molecule has 100 valence electrons. The number of aliphatic hydroxyl groups is 1. The van der Waals surface area contributed by atoms with E-state index in [-0.39, 0.29) is 24.0 Å². The molecule has 4 nitrogen and oxygen atoms in total. The quantitative estimate of drug-likeness (QED) is 0.530. The zero-order chi connectivity index (χ0) is 12.7. The van der Waals surface area contributed by atoms with Crippen LogP contribution in [0.3, 0.4) is 0 Å². The Kier molecular flexibility index (Phi) is 5.92. The zero-order valence-corrected chi connectivity index (χ0v) is 11.1. The van der Waals surface area contributed by atoms with Crippen LogP contribution in [-0.4, -0.2) is 36.8 Å². The van der Waals surface area contributed by atoms with Gasteiger partial charge in [-0.15, -0.1) is 0 Å². The molecule has 0 radical (unpaired) electrons. The predicted octanol–water partition coefficient (Wildman–Crippen LogP) is 1.04. The van der Waals surface area contributed by atoms with Crippen LogP contribution >= 0.6 is 0 Å². The van der Waals surface area contributed by atoms with E-state index in [1.807, 2.05) is 6.92 Å². The number of rotatable bonds is 9. The third-order valence-corrected chi connectivity index (χ3v) is 3.61. The van der Waals surface area contributed by atoms with Crippen molar-refractivity contribution in [3.05, 3.63) is 0 Å². The maximum absolute atomic E-state index is 11.7. The van der Waals surface area contributed by atoms with E-state index in [1.54, 1.807) is 0 Å². The van der Waals surface area contributed by atoms with E-state index in [4.69, 9.17) is 5.11 Å². The second-order valence-corrected chi connectivity index (χ2v) is 5.22. The van der Waals surface area contributed by atoms with E-state index in [9.17, 15) is 4.79 Å². The number of amides is 1. The topological polar surface area (TPSA) is 61.4 Å². The number of aliphatic hydroxyl groups excluding tert-OH is 1. The molecule has 1 rings (SSSR count). The van der Waals surface area contributed by atoms with Crippen molar-refractivity contribution in [2.75, 3.05) is 19.7 Å². The summed E-state index contributed by atoms with van der Waals surface area (Å²) < 4.78 is 0. The highest BCUT2D eigenvalue weighted by Crippen LogP contribution is 2.47. The van der Waals surface area contributed by atoms with Crippen molar-refractivity contribution in [2.24, 2.45) is 5.41 Å². The van der Waals surface area contributed by atoms with Crippen LogP contribution in [0.15, 0.2) is 0 Å². The van der Waals surface area contributed by atoms with Crippen LogP contribution < -0.4 is 10.6 Å². The highest BCUT2D eigenvalue weighted by molar-refractivity contribution is 5.81. The molecule has 3 N–H and O–H groups in total. The predicted molar refractivity (Wildman–Crippen MR) is 68.8 cm³/mol. The van der Waals surface area contributed by atoms with E-state index in [2.05, 4.69) is 17.6 Å². The molecule has 0 bridgehead atoms. The molecule has 1 aliphatic rings. The third kappa shape index (κ3) is 5.04. The van der Waals surface area contributed by atoms with Crippen LogP contribution in [-0.2, 0) is 4.79 Å². The Bertz CT molecular complexity index is 240. The monoisotopic (exact) mass is 242 g/mol. The summed E-state index contributed by atoms with van der Waals surface area (Å²) in [4.78, 5) is 11.7. The van der Waals surface area contributed by atoms with Gasteiger partial charge in [-0.05, 0) is 38.0 Å². The van der Waals surface area contributed by atoms with E-state index in [0.717, 1.165) is 32.4 Å². The molecule has 17 heavy (non-hydrogen) atoms. The molecule has 1 aliphatic carbocycles. The molecule has 4 heteroatoms. The van der Waals surface area contributed by atoms with Gasteiger partial charge in [0.2, 0.25) is 5.91 Å². The molecule has 0 saturated heterocycles. The van der Waals surface area contributed by atoms with Crippen LogP contribution in [0.4, 0.5) is 0 Å². The Morgan fingerprint density at radius 3 is 2.71 bits per heavy atom.